The number of anilines is 1. The van der Waals surface area contributed by atoms with Gasteiger partial charge in [-0.25, -0.2) is 0 Å². The second kappa shape index (κ2) is 8.12. The second-order valence-electron chi connectivity index (χ2n) is 5.41. The molecule has 26 heavy (non-hydrogen) atoms. The van der Waals surface area contributed by atoms with Gasteiger partial charge >= 0.3 is 0 Å². The maximum atomic E-state index is 12.5. The van der Waals surface area contributed by atoms with Crippen molar-refractivity contribution in [2.45, 2.75) is 6.54 Å². The van der Waals surface area contributed by atoms with Crippen LogP contribution in [-0.2, 0) is 6.54 Å². The summed E-state index contributed by atoms with van der Waals surface area (Å²) in [5.74, 6) is 0.595. The van der Waals surface area contributed by atoms with Crippen molar-refractivity contribution in [2.24, 2.45) is 0 Å². The summed E-state index contributed by atoms with van der Waals surface area (Å²) in [4.78, 5) is 12.5. The van der Waals surface area contributed by atoms with E-state index in [9.17, 15) is 4.79 Å². The van der Waals surface area contributed by atoms with Crippen LogP contribution in [0, 0.1) is 0 Å². The van der Waals surface area contributed by atoms with Crippen LogP contribution in [-0.4, -0.2) is 22.8 Å². The van der Waals surface area contributed by atoms with Crippen LogP contribution in [0.4, 0.5) is 5.82 Å². The third-order valence-corrected chi connectivity index (χ3v) is 4.82. The van der Waals surface area contributed by atoms with Gasteiger partial charge in [0.05, 0.1) is 23.7 Å². The first-order valence-corrected chi connectivity index (χ1v) is 9.14. The molecule has 8 heteroatoms. The van der Waals surface area contributed by atoms with Gasteiger partial charge in [0, 0.05) is 16.2 Å². The number of carbonyl (C=O) groups is 1. The highest BCUT2D eigenvalue weighted by Crippen LogP contribution is 2.26. The van der Waals surface area contributed by atoms with Crippen molar-refractivity contribution in [3.05, 3.63) is 74.3 Å². The maximum Gasteiger partial charge on any atom is 0.260 e. The summed E-state index contributed by atoms with van der Waals surface area (Å²) in [6, 6.07) is 12.3. The van der Waals surface area contributed by atoms with E-state index in [2.05, 4.69) is 26.3 Å². The molecule has 5 nitrogen and oxygen atoms in total. The van der Waals surface area contributed by atoms with Gasteiger partial charge in [-0.3, -0.25) is 9.48 Å². The van der Waals surface area contributed by atoms with Crippen molar-refractivity contribution in [3.8, 4) is 5.75 Å². The van der Waals surface area contributed by atoms with E-state index in [1.165, 1.54) is 7.11 Å². The van der Waals surface area contributed by atoms with Crippen LogP contribution in [0.1, 0.15) is 15.9 Å². The number of methoxy groups -OCH3 is 1. The molecule has 1 aromatic heterocycles. The third kappa shape index (κ3) is 4.20. The number of para-hydroxylation sites is 1. The molecular weight excluding hydrogens is 441 g/mol. The van der Waals surface area contributed by atoms with Crippen molar-refractivity contribution < 1.29 is 9.53 Å². The highest BCUT2D eigenvalue weighted by atomic mass is 79.9. The second-order valence-corrected chi connectivity index (χ2v) is 7.11. The Labute approximate surface area is 169 Å². The Morgan fingerprint density at radius 3 is 2.77 bits per heavy atom. The molecule has 0 saturated carbocycles. The normalized spacial score (nSPS) is 10.6. The number of benzene rings is 2. The Morgan fingerprint density at radius 2 is 2.04 bits per heavy atom. The molecule has 0 radical (unpaired) electrons. The van der Waals surface area contributed by atoms with Crippen LogP contribution < -0.4 is 10.1 Å². The number of carbonyl (C=O) groups excluding carboxylic acids is 1. The lowest BCUT2D eigenvalue weighted by molar-refractivity contribution is 0.102. The fourth-order valence-electron chi connectivity index (χ4n) is 2.39. The smallest absolute Gasteiger partial charge is 0.260 e. The number of rotatable bonds is 5. The molecule has 3 aromatic rings. The van der Waals surface area contributed by atoms with Crippen LogP contribution in [0.25, 0.3) is 0 Å². The molecule has 0 spiro atoms. The Balaban J connectivity index is 1.79. The van der Waals surface area contributed by atoms with Crippen molar-refractivity contribution in [1.82, 2.24) is 9.78 Å². The molecule has 1 heterocycles. The van der Waals surface area contributed by atoms with E-state index in [1.807, 2.05) is 6.07 Å². The van der Waals surface area contributed by atoms with E-state index >= 15 is 0 Å². The first-order chi connectivity index (χ1) is 12.5. The van der Waals surface area contributed by atoms with Crippen molar-refractivity contribution in [3.63, 3.8) is 0 Å². The molecule has 2 aromatic carbocycles. The maximum absolute atomic E-state index is 12.5. The summed E-state index contributed by atoms with van der Waals surface area (Å²) in [6.45, 7) is 0.444. The number of aromatic nitrogens is 2. The van der Waals surface area contributed by atoms with Crippen LogP contribution in [0.3, 0.4) is 0 Å². The van der Waals surface area contributed by atoms with Crippen LogP contribution in [0.2, 0.25) is 10.0 Å². The summed E-state index contributed by atoms with van der Waals surface area (Å²) in [7, 11) is 1.52. The number of hydrogen-bond acceptors (Lipinski definition) is 3. The molecule has 0 bridgehead atoms. The predicted molar refractivity (Wildman–Crippen MR) is 106 cm³/mol. The zero-order valence-electron chi connectivity index (χ0n) is 13.7. The largest absolute Gasteiger partial charge is 0.496 e. The lowest BCUT2D eigenvalue weighted by Crippen LogP contribution is -2.14. The van der Waals surface area contributed by atoms with E-state index in [4.69, 9.17) is 27.9 Å². The molecule has 0 unspecified atom stereocenters. The van der Waals surface area contributed by atoms with E-state index in [-0.39, 0.29) is 5.91 Å². The monoisotopic (exact) mass is 453 g/mol. The lowest BCUT2D eigenvalue weighted by Gasteiger charge is -2.08. The number of hydrogen-bond donors (Lipinski definition) is 1. The Bertz CT molecular complexity index is 959. The summed E-state index contributed by atoms with van der Waals surface area (Å²) < 4.78 is 7.55. The minimum Gasteiger partial charge on any atom is -0.496 e. The fourth-order valence-corrected chi connectivity index (χ4v) is 3.28. The summed E-state index contributed by atoms with van der Waals surface area (Å²) in [6.07, 6.45) is 1.77. The molecule has 0 atom stereocenters. The lowest BCUT2D eigenvalue weighted by atomic mass is 10.2. The van der Waals surface area contributed by atoms with Gasteiger partial charge in [-0.2, -0.15) is 5.10 Å². The molecular formula is C18H14BrCl2N3O2. The van der Waals surface area contributed by atoms with Gasteiger partial charge < -0.3 is 10.1 Å². The van der Waals surface area contributed by atoms with Crippen LogP contribution in [0.15, 0.2) is 53.1 Å². The van der Waals surface area contributed by atoms with E-state index in [0.29, 0.717) is 38.2 Å². The quantitative estimate of drug-likeness (QED) is 0.571. The van der Waals surface area contributed by atoms with Gasteiger partial charge in [-0.15, -0.1) is 0 Å². The molecule has 134 valence electrons. The molecule has 3 rings (SSSR count). The van der Waals surface area contributed by atoms with Crippen molar-refractivity contribution in [2.75, 3.05) is 12.4 Å². The Hall–Kier alpha value is -2.02. The number of nitrogens with one attached hydrogen (secondary N) is 1. The van der Waals surface area contributed by atoms with Gasteiger partial charge in [0.2, 0.25) is 0 Å². The Morgan fingerprint density at radius 1 is 1.27 bits per heavy atom. The number of nitrogens with zero attached hydrogens (tertiary/aromatic N) is 2. The Kier molecular flexibility index (Phi) is 5.86. The average molecular weight is 455 g/mol. The summed E-state index contributed by atoms with van der Waals surface area (Å²) in [5.41, 5.74) is 1.30. The number of amides is 1. The highest BCUT2D eigenvalue weighted by molar-refractivity contribution is 9.10. The standard InChI is InChI=1S/C18H14BrCl2N3O2/c1-26-16-5-3-2-4-13(16)18(25)22-17-14(19)10-24(23-17)9-11-6-7-12(20)8-15(11)21/h2-8,10H,9H2,1H3,(H,22,23,25). The first-order valence-electron chi connectivity index (χ1n) is 7.59. The topological polar surface area (TPSA) is 56.1 Å². The predicted octanol–water partition coefficient (Wildman–Crippen LogP) is 5.26. The third-order valence-electron chi connectivity index (χ3n) is 3.65. The SMILES string of the molecule is COc1ccccc1C(=O)Nc1nn(Cc2ccc(Cl)cc2Cl)cc1Br. The van der Waals surface area contributed by atoms with Gasteiger partial charge in [-0.1, -0.05) is 41.4 Å². The molecule has 1 N–H and O–H groups in total. The van der Waals surface area contributed by atoms with Crippen molar-refractivity contribution in [1.29, 1.82) is 0 Å². The fraction of sp³-hybridized carbons (Fsp3) is 0.111. The van der Waals surface area contributed by atoms with Crippen LogP contribution >= 0.6 is 39.1 Å². The zero-order chi connectivity index (χ0) is 18.7. The van der Waals surface area contributed by atoms with Gasteiger partial charge in [-0.05, 0) is 45.8 Å². The molecule has 0 aliphatic carbocycles. The molecule has 0 fully saturated rings. The summed E-state index contributed by atoms with van der Waals surface area (Å²) in [5, 5.41) is 8.31. The molecule has 0 saturated heterocycles. The number of halogens is 3. The van der Waals surface area contributed by atoms with Gasteiger partial charge in [0.25, 0.3) is 5.91 Å². The number of ether oxygens (including phenoxy) is 1. The average Bonchev–Trinajstić information content (AvgIpc) is 2.96. The van der Waals surface area contributed by atoms with E-state index < -0.39 is 0 Å². The minimum atomic E-state index is -0.307. The van der Waals surface area contributed by atoms with Crippen LogP contribution in [0.5, 0.6) is 5.75 Å². The molecule has 1 amide bonds. The molecule has 0 aliphatic rings. The molecule has 0 aliphatic heterocycles. The minimum absolute atomic E-state index is 0.307. The first kappa shape index (κ1) is 18.8. The van der Waals surface area contributed by atoms with Gasteiger partial charge in [0.15, 0.2) is 5.82 Å². The zero-order valence-corrected chi connectivity index (χ0v) is 16.8. The van der Waals surface area contributed by atoms with Crippen molar-refractivity contribution >= 4 is 50.9 Å². The van der Waals surface area contributed by atoms with Gasteiger partial charge in [0.1, 0.15) is 5.75 Å². The summed E-state index contributed by atoms with van der Waals surface area (Å²) >= 11 is 15.5. The van der Waals surface area contributed by atoms with E-state index in [1.54, 1.807) is 47.3 Å². The van der Waals surface area contributed by atoms with E-state index in [0.717, 1.165) is 5.56 Å². The highest BCUT2D eigenvalue weighted by Gasteiger charge is 2.16.